The number of hydrogen-bond donors (Lipinski definition) is 2. The lowest BCUT2D eigenvalue weighted by Crippen LogP contribution is -2.31. The second-order valence-electron chi connectivity index (χ2n) is 5.45. The van der Waals surface area contributed by atoms with Crippen molar-refractivity contribution < 1.29 is 14.7 Å². The van der Waals surface area contributed by atoms with E-state index in [0.29, 0.717) is 0 Å². The molecule has 0 aliphatic heterocycles. The van der Waals surface area contributed by atoms with Crippen LogP contribution in [0.2, 0.25) is 0 Å². The average Bonchev–Trinajstić information content (AvgIpc) is 2.74. The highest BCUT2D eigenvalue weighted by atomic mass is 32.1. The molecular formula is C13H18N2O3S. The van der Waals surface area contributed by atoms with E-state index in [1.54, 1.807) is 6.20 Å². The van der Waals surface area contributed by atoms with E-state index >= 15 is 0 Å². The third-order valence-corrected chi connectivity index (χ3v) is 4.74. The molecular weight excluding hydrogens is 264 g/mol. The fourth-order valence-electron chi connectivity index (χ4n) is 2.59. The highest BCUT2D eigenvalue weighted by Crippen LogP contribution is 2.58. The van der Waals surface area contributed by atoms with Crippen LogP contribution in [-0.2, 0) is 9.59 Å². The Kier molecular flexibility index (Phi) is 3.62. The lowest BCUT2D eigenvalue weighted by Gasteiger charge is -2.14. The standard InChI is InChI=1S/C13H18N2O3S/c1-4-7(11-14-5-6-19-11)15-10(16)8-9(12(17)18)13(8,2)3/h5-9H,4H2,1-3H3,(H,15,16)(H,17,18). The number of aromatic nitrogens is 1. The third-order valence-electron chi connectivity index (χ3n) is 3.85. The highest BCUT2D eigenvalue weighted by Gasteiger charge is 2.66. The molecule has 0 radical (unpaired) electrons. The summed E-state index contributed by atoms with van der Waals surface area (Å²) in [6, 6.07) is -0.127. The van der Waals surface area contributed by atoms with Crippen LogP contribution in [0.15, 0.2) is 11.6 Å². The summed E-state index contributed by atoms with van der Waals surface area (Å²) in [7, 11) is 0. The van der Waals surface area contributed by atoms with Crippen molar-refractivity contribution in [1.29, 1.82) is 0 Å². The molecule has 6 heteroatoms. The SMILES string of the molecule is CCC(NC(=O)C1C(C(=O)O)C1(C)C)c1nccs1. The molecule has 0 spiro atoms. The number of thiazole rings is 1. The maximum atomic E-state index is 12.2. The van der Waals surface area contributed by atoms with E-state index in [9.17, 15) is 9.59 Å². The molecule has 1 amide bonds. The molecule has 5 nitrogen and oxygen atoms in total. The minimum atomic E-state index is -0.896. The van der Waals surface area contributed by atoms with Crippen molar-refractivity contribution >= 4 is 23.2 Å². The third kappa shape index (κ3) is 2.49. The minimum Gasteiger partial charge on any atom is -0.481 e. The molecule has 1 saturated carbocycles. The fraction of sp³-hybridized carbons (Fsp3) is 0.615. The van der Waals surface area contributed by atoms with Crippen molar-refractivity contribution in [3.8, 4) is 0 Å². The number of carboxylic acid groups (broad SMARTS) is 1. The zero-order valence-electron chi connectivity index (χ0n) is 11.2. The van der Waals surface area contributed by atoms with Gasteiger partial charge in [-0.15, -0.1) is 11.3 Å². The maximum absolute atomic E-state index is 12.2. The smallest absolute Gasteiger partial charge is 0.307 e. The van der Waals surface area contributed by atoms with E-state index in [1.807, 2.05) is 26.2 Å². The van der Waals surface area contributed by atoms with Gasteiger partial charge in [-0.1, -0.05) is 20.8 Å². The number of aliphatic carboxylic acids is 1. The molecule has 1 aliphatic rings. The first kappa shape index (κ1) is 14.0. The van der Waals surface area contributed by atoms with E-state index in [1.165, 1.54) is 11.3 Å². The number of carbonyl (C=O) groups is 2. The Bertz CT molecular complexity index is 484. The molecule has 0 aromatic carbocycles. The van der Waals surface area contributed by atoms with E-state index < -0.39 is 23.2 Å². The number of carbonyl (C=O) groups excluding carboxylic acids is 1. The molecule has 1 heterocycles. The predicted octanol–water partition coefficient (Wildman–Crippen LogP) is 2.07. The Labute approximate surface area is 116 Å². The van der Waals surface area contributed by atoms with Gasteiger partial charge in [0.25, 0.3) is 0 Å². The van der Waals surface area contributed by atoms with Gasteiger partial charge >= 0.3 is 5.97 Å². The lowest BCUT2D eigenvalue weighted by molar-refractivity contribution is -0.140. The average molecular weight is 282 g/mol. The zero-order chi connectivity index (χ0) is 14.2. The van der Waals surface area contributed by atoms with Gasteiger partial charge in [0.2, 0.25) is 5.91 Å². The van der Waals surface area contributed by atoms with Crippen molar-refractivity contribution in [3.63, 3.8) is 0 Å². The van der Waals surface area contributed by atoms with Crippen molar-refractivity contribution in [2.75, 3.05) is 0 Å². The Morgan fingerprint density at radius 2 is 2.21 bits per heavy atom. The molecule has 0 saturated heterocycles. The van der Waals surface area contributed by atoms with Gasteiger partial charge in [-0.05, 0) is 11.8 Å². The molecule has 0 bridgehead atoms. The molecule has 104 valence electrons. The summed E-state index contributed by atoms with van der Waals surface area (Å²) in [4.78, 5) is 27.5. The molecule has 1 fully saturated rings. The summed E-state index contributed by atoms with van der Waals surface area (Å²) in [5.74, 6) is -2.10. The largest absolute Gasteiger partial charge is 0.481 e. The van der Waals surface area contributed by atoms with Crippen molar-refractivity contribution in [3.05, 3.63) is 16.6 Å². The van der Waals surface area contributed by atoms with Crippen molar-refractivity contribution in [2.24, 2.45) is 17.3 Å². The number of nitrogens with one attached hydrogen (secondary N) is 1. The van der Waals surface area contributed by atoms with Crippen LogP contribution >= 0.6 is 11.3 Å². The summed E-state index contributed by atoms with van der Waals surface area (Å²) in [6.07, 6.45) is 2.44. The van der Waals surface area contributed by atoms with Crippen LogP contribution < -0.4 is 5.32 Å². The summed E-state index contributed by atoms with van der Waals surface area (Å²) >= 11 is 1.49. The van der Waals surface area contributed by atoms with Crippen LogP contribution in [0.25, 0.3) is 0 Å². The molecule has 1 aromatic heterocycles. The first-order valence-electron chi connectivity index (χ1n) is 6.32. The monoisotopic (exact) mass is 282 g/mol. The second kappa shape index (κ2) is 4.92. The van der Waals surface area contributed by atoms with Crippen LogP contribution in [-0.4, -0.2) is 22.0 Å². The van der Waals surface area contributed by atoms with Crippen LogP contribution in [0.5, 0.6) is 0 Å². The summed E-state index contributed by atoms with van der Waals surface area (Å²) in [5, 5.41) is 14.7. The second-order valence-corrected chi connectivity index (χ2v) is 6.38. The Hall–Kier alpha value is -1.43. The Morgan fingerprint density at radius 1 is 1.53 bits per heavy atom. The number of carboxylic acids is 1. The molecule has 2 rings (SSSR count). The van der Waals surface area contributed by atoms with Crippen molar-refractivity contribution in [2.45, 2.75) is 33.2 Å². The number of rotatable bonds is 5. The van der Waals surface area contributed by atoms with Crippen LogP contribution in [0, 0.1) is 17.3 Å². The van der Waals surface area contributed by atoms with E-state index in [0.717, 1.165) is 11.4 Å². The zero-order valence-corrected chi connectivity index (χ0v) is 12.0. The predicted molar refractivity (Wildman–Crippen MR) is 71.7 cm³/mol. The molecule has 3 unspecified atom stereocenters. The van der Waals surface area contributed by atoms with Gasteiger partial charge in [0.15, 0.2) is 0 Å². The number of nitrogens with zero attached hydrogens (tertiary/aromatic N) is 1. The first-order chi connectivity index (χ1) is 8.89. The first-order valence-corrected chi connectivity index (χ1v) is 7.20. The number of amides is 1. The van der Waals surface area contributed by atoms with Gasteiger partial charge in [-0.2, -0.15) is 0 Å². The van der Waals surface area contributed by atoms with Gasteiger partial charge in [-0.3, -0.25) is 9.59 Å². The minimum absolute atomic E-state index is 0.127. The Morgan fingerprint density at radius 3 is 2.63 bits per heavy atom. The number of hydrogen-bond acceptors (Lipinski definition) is 4. The van der Waals surface area contributed by atoms with E-state index in [2.05, 4.69) is 10.3 Å². The summed E-state index contributed by atoms with van der Waals surface area (Å²) in [5.41, 5.74) is -0.461. The van der Waals surface area contributed by atoms with E-state index in [4.69, 9.17) is 5.11 Å². The molecule has 19 heavy (non-hydrogen) atoms. The summed E-state index contributed by atoms with van der Waals surface area (Å²) in [6.45, 7) is 5.61. The van der Waals surface area contributed by atoms with Gasteiger partial charge in [0.1, 0.15) is 5.01 Å². The Balaban J connectivity index is 2.04. The topological polar surface area (TPSA) is 79.3 Å². The molecule has 2 N–H and O–H groups in total. The van der Waals surface area contributed by atoms with Crippen LogP contribution in [0.3, 0.4) is 0 Å². The molecule has 1 aliphatic carbocycles. The van der Waals surface area contributed by atoms with Gasteiger partial charge in [-0.25, -0.2) is 4.98 Å². The molecule has 3 atom stereocenters. The van der Waals surface area contributed by atoms with Crippen LogP contribution in [0.4, 0.5) is 0 Å². The van der Waals surface area contributed by atoms with Gasteiger partial charge < -0.3 is 10.4 Å². The maximum Gasteiger partial charge on any atom is 0.307 e. The fourth-order valence-corrected chi connectivity index (χ4v) is 3.37. The highest BCUT2D eigenvalue weighted by molar-refractivity contribution is 7.09. The van der Waals surface area contributed by atoms with Gasteiger partial charge in [0.05, 0.1) is 17.9 Å². The van der Waals surface area contributed by atoms with Gasteiger partial charge in [0, 0.05) is 11.6 Å². The lowest BCUT2D eigenvalue weighted by atomic mass is 10.1. The summed E-state index contributed by atoms with van der Waals surface area (Å²) < 4.78 is 0. The van der Waals surface area contributed by atoms with E-state index in [-0.39, 0.29) is 11.9 Å². The molecule has 1 aromatic rings. The van der Waals surface area contributed by atoms with Crippen LogP contribution in [0.1, 0.15) is 38.2 Å². The quantitative estimate of drug-likeness (QED) is 0.866. The van der Waals surface area contributed by atoms with Crippen molar-refractivity contribution in [1.82, 2.24) is 10.3 Å². The normalized spacial score (nSPS) is 25.6.